The minimum Gasteiger partial charge on any atom is -0.336 e. The van der Waals surface area contributed by atoms with E-state index in [-0.39, 0.29) is 17.6 Å². The Morgan fingerprint density at radius 2 is 1.53 bits per heavy atom. The molecule has 1 saturated heterocycles. The van der Waals surface area contributed by atoms with Crippen LogP contribution in [0.1, 0.15) is 31.8 Å². The number of nitrogens with zero attached hydrogens (tertiary/aromatic N) is 2. The summed E-state index contributed by atoms with van der Waals surface area (Å²) in [5, 5.41) is 2.88. The average Bonchev–Trinajstić information content (AvgIpc) is 2.82. The molecule has 0 spiro atoms. The molecule has 0 bridgehead atoms. The number of hydrogen-bond acceptors (Lipinski definition) is 3. The van der Waals surface area contributed by atoms with Crippen LogP contribution in [0.3, 0.4) is 0 Å². The topological polar surface area (TPSA) is 52.7 Å². The molecule has 6 heteroatoms. The molecule has 0 aliphatic carbocycles. The van der Waals surface area contributed by atoms with Crippen LogP contribution in [0.5, 0.6) is 0 Å². The van der Waals surface area contributed by atoms with Gasteiger partial charge in [-0.1, -0.05) is 36.4 Å². The molecule has 32 heavy (non-hydrogen) atoms. The fourth-order valence-corrected chi connectivity index (χ4v) is 3.76. The van der Waals surface area contributed by atoms with Gasteiger partial charge in [0.25, 0.3) is 11.8 Å². The highest BCUT2D eigenvalue weighted by atomic mass is 19.1. The van der Waals surface area contributed by atoms with E-state index in [0.29, 0.717) is 29.8 Å². The number of aryl methyl sites for hydroxylation is 1. The van der Waals surface area contributed by atoms with E-state index in [1.165, 1.54) is 6.07 Å². The molecule has 164 valence electrons. The normalized spacial score (nSPS) is 14.2. The SMILES string of the molecule is Cc1ccc(C(=O)N2CCN(Cc3ccc(C(=O)Nc4ccccc4)cc3)CC2)cc1F. The Hall–Kier alpha value is -3.51. The van der Waals surface area contributed by atoms with Gasteiger partial charge < -0.3 is 10.2 Å². The van der Waals surface area contributed by atoms with Crippen molar-refractivity contribution in [1.29, 1.82) is 0 Å². The molecule has 0 aromatic heterocycles. The number of para-hydroxylation sites is 1. The van der Waals surface area contributed by atoms with Crippen LogP contribution >= 0.6 is 0 Å². The molecule has 5 nitrogen and oxygen atoms in total. The second kappa shape index (κ2) is 9.75. The second-order valence-electron chi connectivity index (χ2n) is 8.05. The first-order valence-electron chi connectivity index (χ1n) is 10.7. The third-order valence-electron chi connectivity index (χ3n) is 5.73. The van der Waals surface area contributed by atoms with Crippen LogP contribution in [0.25, 0.3) is 0 Å². The van der Waals surface area contributed by atoms with Crippen LogP contribution in [-0.2, 0) is 6.54 Å². The predicted octanol–water partition coefficient (Wildman–Crippen LogP) is 4.34. The highest BCUT2D eigenvalue weighted by Crippen LogP contribution is 2.15. The maximum atomic E-state index is 13.8. The third kappa shape index (κ3) is 5.21. The minimum atomic E-state index is -0.351. The molecule has 0 unspecified atom stereocenters. The van der Waals surface area contributed by atoms with Gasteiger partial charge in [-0.25, -0.2) is 4.39 Å². The van der Waals surface area contributed by atoms with Crippen molar-refractivity contribution in [2.24, 2.45) is 0 Å². The van der Waals surface area contributed by atoms with E-state index in [1.54, 1.807) is 24.0 Å². The van der Waals surface area contributed by atoms with Gasteiger partial charge in [-0.3, -0.25) is 14.5 Å². The van der Waals surface area contributed by atoms with E-state index < -0.39 is 0 Å². The number of piperazine rings is 1. The summed E-state index contributed by atoms with van der Waals surface area (Å²) in [7, 11) is 0. The molecule has 4 rings (SSSR count). The van der Waals surface area contributed by atoms with Gasteiger partial charge in [0.1, 0.15) is 5.82 Å². The van der Waals surface area contributed by atoms with Gasteiger partial charge in [0, 0.05) is 49.5 Å². The lowest BCUT2D eigenvalue weighted by atomic mass is 10.1. The summed E-state index contributed by atoms with van der Waals surface area (Å²) in [6.07, 6.45) is 0. The first-order chi connectivity index (χ1) is 15.5. The molecule has 1 heterocycles. The number of benzene rings is 3. The van der Waals surface area contributed by atoms with Crippen molar-refractivity contribution < 1.29 is 14.0 Å². The third-order valence-corrected chi connectivity index (χ3v) is 5.73. The van der Waals surface area contributed by atoms with Crippen molar-refractivity contribution in [3.05, 3.63) is 101 Å². The molecule has 3 aromatic carbocycles. The molecule has 0 atom stereocenters. The fourth-order valence-electron chi connectivity index (χ4n) is 3.76. The highest BCUT2D eigenvalue weighted by molar-refractivity contribution is 6.04. The summed E-state index contributed by atoms with van der Waals surface area (Å²) in [6.45, 7) is 5.14. The largest absolute Gasteiger partial charge is 0.336 e. The van der Waals surface area contributed by atoms with Crippen molar-refractivity contribution in [1.82, 2.24) is 9.80 Å². The predicted molar refractivity (Wildman–Crippen MR) is 123 cm³/mol. The lowest BCUT2D eigenvalue weighted by molar-refractivity contribution is 0.0628. The fraction of sp³-hybridized carbons (Fsp3) is 0.231. The monoisotopic (exact) mass is 431 g/mol. The Morgan fingerprint density at radius 1 is 0.875 bits per heavy atom. The second-order valence-corrected chi connectivity index (χ2v) is 8.05. The van der Waals surface area contributed by atoms with Gasteiger partial charge >= 0.3 is 0 Å². The average molecular weight is 432 g/mol. The molecule has 1 N–H and O–H groups in total. The smallest absolute Gasteiger partial charge is 0.255 e. The van der Waals surface area contributed by atoms with Crippen molar-refractivity contribution in [2.45, 2.75) is 13.5 Å². The van der Waals surface area contributed by atoms with Crippen molar-refractivity contribution >= 4 is 17.5 Å². The number of halogens is 1. The van der Waals surface area contributed by atoms with Crippen LogP contribution in [-0.4, -0.2) is 47.8 Å². The number of hydrogen-bond donors (Lipinski definition) is 1. The van der Waals surface area contributed by atoms with Gasteiger partial charge in [-0.15, -0.1) is 0 Å². The summed E-state index contributed by atoms with van der Waals surface area (Å²) in [6, 6.07) is 21.6. The molecule has 1 aliphatic rings. The maximum absolute atomic E-state index is 13.8. The van der Waals surface area contributed by atoms with E-state index in [2.05, 4.69) is 10.2 Å². The van der Waals surface area contributed by atoms with Gasteiger partial charge in [0.2, 0.25) is 0 Å². The van der Waals surface area contributed by atoms with E-state index in [9.17, 15) is 14.0 Å². The van der Waals surface area contributed by atoms with Crippen LogP contribution < -0.4 is 5.32 Å². The van der Waals surface area contributed by atoms with Gasteiger partial charge in [-0.05, 0) is 54.4 Å². The standard InChI is InChI=1S/C26H26FN3O2/c1-19-7-10-22(17-24(19)27)26(32)30-15-13-29(14-16-30)18-20-8-11-21(12-9-20)25(31)28-23-5-3-2-4-6-23/h2-12,17H,13-16,18H2,1H3,(H,28,31). The van der Waals surface area contributed by atoms with Gasteiger partial charge in [0.15, 0.2) is 0 Å². The van der Waals surface area contributed by atoms with Gasteiger partial charge in [0.05, 0.1) is 0 Å². The van der Waals surface area contributed by atoms with Crippen LogP contribution in [0.4, 0.5) is 10.1 Å². The molecule has 0 radical (unpaired) electrons. The van der Waals surface area contributed by atoms with Crippen LogP contribution in [0.15, 0.2) is 72.8 Å². The Kier molecular flexibility index (Phi) is 6.61. The lowest BCUT2D eigenvalue weighted by Crippen LogP contribution is -2.48. The summed E-state index contributed by atoms with van der Waals surface area (Å²) in [5.74, 6) is -0.616. The summed E-state index contributed by atoms with van der Waals surface area (Å²) >= 11 is 0. The number of nitrogens with one attached hydrogen (secondary N) is 1. The highest BCUT2D eigenvalue weighted by Gasteiger charge is 2.22. The van der Waals surface area contributed by atoms with Crippen LogP contribution in [0.2, 0.25) is 0 Å². The first kappa shape index (κ1) is 21.7. The Bertz CT molecular complexity index is 1090. The number of amides is 2. The molecular weight excluding hydrogens is 405 g/mol. The molecule has 1 fully saturated rings. The zero-order valence-corrected chi connectivity index (χ0v) is 18.1. The van der Waals surface area contributed by atoms with Crippen LogP contribution in [0, 0.1) is 12.7 Å². The van der Waals surface area contributed by atoms with E-state index in [0.717, 1.165) is 30.9 Å². The number of rotatable bonds is 5. The van der Waals surface area contributed by atoms with Crippen molar-refractivity contribution in [3.8, 4) is 0 Å². The summed E-state index contributed by atoms with van der Waals surface area (Å²) in [5.41, 5.74) is 3.42. The van der Waals surface area contributed by atoms with Gasteiger partial charge in [-0.2, -0.15) is 0 Å². The summed E-state index contributed by atoms with van der Waals surface area (Å²) in [4.78, 5) is 29.1. The van der Waals surface area contributed by atoms with E-state index in [1.807, 2.05) is 54.6 Å². The molecule has 0 saturated carbocycles. The molecule has 2 amide bonds. The van der Waals surface area contributed by atoms with E-state index >= 15 is 0 Å². The van der Waals surface area contributed by atoms with Crippen molar-refractivity contribution in [3.63, 3.8) is 0 Å². The number of carbonyl (C=O) groups is 2. The Morgan fingerprint density at radius 3 is 2.19 bits per heavy atom. The molecule has 3 aromatic rings. The van der Waals surface area contributed by atoms with Crippen molar-refractivity contribution in [2.75, 3.05) is 31.5 Å². The lowest BCUT2D eigenvalue weighted by Gasteiger charge is -2.34. The zero-order chi connectivity index (χ0) is 22.5. The number of anilines is 1. The Labute approximate surface area is 187 Å². The van der Waals surface area contributed by atoms with E-state index in [4.69, 9.17) is 0 Å². The molecular formula is C26H26FN3O2. The Balaban J connectivity index is 1.29. The number of carbonyl (C=O) groups excluding carboxylic acids is 2. The zero-order valence-electron chi connectivity index (χ0n) is 18.1. The minimum absolute atomic E-state index is 0.127. The first-order valence-corrected chi connectivity index (χ1v) is 10.7. The summed E-state index contributed by atoms with van der Waals surface area (Å²) < 4.78 is 13.8. The quantitative estimate of drug-likeness (QED) is 0.654. The molecule has 1 aliphatic heterocycles. The maximum Gasteiger partial charge on any atom is 0.255 e.